The third kappa shape index (κ3) is 3.31. The molecule has 0 amide bonds. The van der Waals surface area contributed by atoms with Gasteiger partial charge in [0.2, 0.25) is 0 Å². The maximum absolute atomic E-state index is 8.58. The van der Waals surface area contributed by atoms with Crippen LogP contribution in [0, 0.1) is 5.92 Å². The fourth-order valence-corrected chi connectivity index (χ4v) is 0.895. The van der Waals surface area contributed by atoms with Crippen LogP contribution in [0.25, 0.3) is 0 Å². The minimum atomic E-state index is 0.276. The number of aliphatic hydroxyl groups is 1. The third-order valence-corrected chi connectivity index (χ3v) is 1.51. The Morgan fingerprint density at radius 1 is 1.56 bits per heavy atom. The first-order valence-electron chi connectivity index (χ1n) is 3.48. The first-order valence-corrected chi connectivity index (χ1v) is 3.48. The molecule has 0 aliphatic heterocycles. The second kappa shape index (κ2) is 4.57. The van der Waals surface area contributed by atoms with Gasteiger partial charge in [-0.2, -0.15) is 0 Å². The van der Waals surface area contributed by atoms with E-state index in [9.17, 15) is 0 Å². The van der Waals surface area contributed by atoms with E-state index in [0.29, 0.717) is 5.92 Å². The Morgan fingerprint density at radius 3 is 2.22 bits per heavy atom. The molecule has 0 aromatic carbocycles. The molecule has 0 aromatic rings. The number of hydrogen-bond donors (Lipinski definition) is 1. The Morgan fingerprint density at radius 2 is 2.11 bits per heavy atom. The molecule has 0 aromatic heterocycles. The summed E-state index contributed by atoms with van der Waals surface area (Å²) < 4.78 is 0. The zero-order chi connectivity index (χ0) is 7.28. The van der Waals surface area contributed by atoms with Crippen LogP contribution in [-0.2, 0) is 0 Å². The summed E-state index contributed by atoms with van der Waals surface area (Å²) in [4.78, 5) is 0. The van der Waals surface area contributed by atoms with Gasteiger partial charge in [-0.25, -0.2) is 0 Å². The molecule has 0 atom stereocenters. The van der Waals surface area contributed by atoms with Crippen molar-refractivity contribution in [2.45, 2.75) is 27.2 Å². The maximum Gasteiger partial charge on any atom is 0.0468 e. The van der Waals surface area contributed by atoms with Gasteiger partial charge in [0.25, 0.3) is 0 Å². The molecule has 0 saturated carbocycles. The zero-order valence-corrected chi connectivity index (χ0v) is 6.52. The van der Waals surface area contributed by atoms with E-state index in [0.717, 1.165) is 6.42 Å². The largest absolute Gasteiger partial charge is 0.396 e. The molecule has 54 valence electrons. The highest BCUT2D eigenvalue weighted by atomic mass is 16.2. The summed E-state index contributed by atoms with van der Waals surface area (Å²) in [6.45, 7) is 6.58. The van der Waals surface area contributed by atoms with Gasteiger partial charge in [-0.1, -0.05) is 25.5 Å². The van der Waals surface area contributed by atoms with Crippen LogP contribution in [-0.4, -0.2) is 11.7 Å². The van der Waals surface area contributed by atoms with Crippen LogP contribution in [0.3, 0.4) is 0 Å². The highest BCUT2D eigenvalue weighted by Gasteiger charge is 1.98. The smallest absolute Gasteiger partial charge is 0.0468 e. The van der Waals surface area contributed by atoms with Crippen LogP contribution in [0.4, 0.5) is 0 Å². The van der Waals surface area contributed by atoms with Gasteiger partial charge in [0.15, 0.2) is 0 Å². The van der Waals surface area contributed by atoms with Crippen molar-refractivity contribution in [1.82, 2.24) is 0 Å². The number of aliphatic hydroxyl groups excluding tert-OH is 1. The lowest BCUT2D eigenvalue weighted by Gasteiger charge is -2.07. The molecular formula is C8H16O. The van der Waals surface area contributed by atoms with Crippen molar-refractivity contribution in [3.63, 3.8) is 0 Å². The average molecular weight is 128 g/mol. The first-order chi connectivity index (χ1) is 4.22. The highest BCUT2D eigenvalue weighted by Crippen LogP contribution is 2.11. The standard InChI is InChI=1S/C8H16O/c1-4-8(5-6-9)7(2)3/h4,7,9H,5-6H2,1-3H3. The number of rotatable bonds is 3. The van der Waals surface area contributed by atoms with Crippen LogP contribution in [0.5, 0.6) is 0 Å². The van der Waals surface area contributed by atoms with Crippen LogP contribution in [0.1, 0.15) is 27.2 Å². The lowest BCUT2D eigenvalue weighted by molar-refractivity contribution is 0.295. The molecule has 0 aliphatic rings. The molecule has 0 heterocycles. The lowest BCUT2D eigenvalue weighted by Crippen LogP contribution is -1.96. The van der Waals surface area contributed by atoms with E-state index in [1.165, 1.54) is 5.57 Å². The minimum Gasteiger partial charge on any atom is -0.396 e. The molecule has 0 rings (SSSR count). The van der Waals surface area contributed by atoms with Gasteiger partial charge in [-0.3, -0.25) is 0 Å². The maximum atomic E-state index is 8.58. The monoisotopic (exact) mass is 128 g/mol. The van der Waals surface area contributed by atoms with Crippen molar-refractivity contribution < 1.29 is 5.11 Å². The van der Waals surface area contributed by atoms with Gasteiger partial charge >= 0.3 is 0 Å². The molecule has 0 aliphatic carbocycles. The number of allylic oxidation sites excluding steroid dienone is 1. The van der Waals surface area contributed by atoms with E-state index in [4.69, 9.17) is 5.11 Å². The summed E-state index contributed by atoms with van der Waals surface area (Å²) in [5, 5.41) is 8.58. The molecule has 0 spiro atoms. The molecule has 1 heteroatoms. The van der Waals surface area contributed by atoms with Gasteiger partial charge in [-0.05, 0) is 19.3 Å². The molecule has 1 nitrogen and oxygen atoms in total. The van der Waals surface area contributed by atoms with E-state index in [2.05, 4.69) is 19.9 Å². The fourth-order valence-electron chi connectivity index (χ4n) is 0.895. The normalized spacial score (nSPS) is 12.8. The highest BCUT2D eigenvalue weighted by molar-refractivity contribution is 5.02. The lowest BCUT2D eigenvalue weighted by atomic mass is 10.0. The predicted molar refractivity (Wildman–Crippen MR) is 40.3 cm³/mol. The molecule has 9 heavy (non-hydrogen) atoms. The Hall–Kier alpha value is -0.300. The van der Waals surface area contributed by atoms with Crippen LogP contribution >= 0.6 is 0 Å². The second-order valence-electron chi connectivity index (χ2n) is 2.49. The van der Waals surface area contributed by atoms with Crippen LogP contribution in [0.2, 0.25) is 0 Å². The van der Waals surface area contributed by atoms with Crippen molar-refractivity contribution in [3.05, 3.63) is 11.6 Å². The second-order valence-corrected chi connectivity index (χ2v) is 2.49. The van der Waals surface area contributed by atoms with Gasteiger partial charge in [0.05, 0.1) is 0 Å². The Balaban J connectivity index is 3.70. The van der Waals surface area contributed by atoms with Crippen molar-refractivity contribution >= 4 is 0 Å². The van der Waals surface area contributed by atoms with E-state index in [1.807, 2.05) is 6.92 Å². The quantitative estimate of drug-likeness (QED) is 0.576. The topological polar surface area (TPSA) is 20.2 Å². The molecule has 0 bridgehead atoms. The Kier molecular flexibility index (Phi) is 4.41. The van der Waals surface area contributed by atoms with Gasteiger partial charge < -0.3 is 5.11 Å². The SMILES string of the molecule is CC=C(CCO)C(C)C. The average Bonchev–Trinajstić information content (AvgIpc) is 1.82. The molecule has 0 unspecified atom stereocenters. The zero-order valence-electron chi connectivity index (χ0n) is 6.52. The summed E-state index contributed by atoms with van der Waals surface area (Å²) in [5.74, 6) is 0.585. The first kappa shape index (κ1) is 8.70. The van der Waals surface area contributed by atoms with Gasteiger partial charge in [0, 0.05) is 6.61 Å². The summed E-state index contributed by atoms with van der Waals surface area (Å²) in [7, 11) is 0. The third-order valence-electron chi connectivity index (χ3n) is 1.51. The number of hydrogen-bond acceptors (Lipinski definition) is 1. The summed E-state index contributed by atoms with van der Waals surface area (Å²) >= 11 is 0. The van der Waals surface area contributed by atoms with Crippen LogP contribution in [0.15, 0.2) is 11.6 Å². The van der Waals surface area contributed by atoms with E-state index in [-0.39, 0.29) is 6.61 Å². The van der Waals surface area contributed by atoms with E-state index >= 15 is 0 Å². The Bertz CT molecular complexity index is 92.7. The summed E-state index contributed by atoms with van der Waals surface area (Å²) in [6.07, 6.45) is 2.91. The molecule has 0 fully saturated rings. The van der Waals surface area contributed by atoms with Gasteiger partial charge in [-0.15, -0.1) is 0 Å². The fraction of sp³-hybridized carbons (Fsp3) is 0.750. The van der Waals surface area contributed by atoms with E-state index in [1.54, 1.807) is 0 Å². The van der Waals surface area contributed by atoms with Crippen molar-refractivity contribution in [2.24, 2.45) is 5.92 Å². The predicted octanol–water partition coefficient (Wildman–Crippen LogP) is 1.97. The molecule has 1 N–H and O–H groups in total. The van der Waals surface area contributed by atoms with Crippen molar-refractivity contribution in [3.8, 4) is 0 Å². The van der Waals surface area contributed by atoms with E-state index < -0.39 is 0 Å². The minimum absolute atomic E-state index is 0.276. The molecule has 0 saturated heterocycles. The van der Waals surface area contributed by atoms with Crippen molar-refractivity contribution in [1.29, 1.82) is 0 Å². The van der Waals surface area contributed by atoms with Crippen LogP contribution < -0.4 is 0 Å². The molecule has 0 radical (unpaired) electrons. The van der Waals surface area contributed by atoms with Gasteiger partial charge in [0.1, 0.15) is 0 Å². The Labute approximate surface area is 57.4 Å². The summed E-state index contributed by atoms with van der Waals surface area (Å²) in [5.41, 5.74) is 1.34. The summed E-state index contributed by atoms with van der Waals surface area (Å²) in [6, 6.07) is 0. The molecular weight excluding hydrogens is 112 g/mol. The van der Waals surface area contributed by atoms with Crippen molar-refractivity contribution in [2.75, 3.05) is 6.61 Å².